The quantitative estimate of drug-likeness (QED) is 0.552. The summed E-state index contributed by atoms with van der Waals surface area (Å²) in [5.74, 6) is -0.0230. The Morgan fingerprint density at radius 1 is 0.788 bits per heavy atom. The van der Waals surface area contributed by atoms with Gasteiger partial charge in [0, 0.05) is 20.6 Å². The number of nitrogens with zero attached hydrogens (tertiary/aromatic N) is 6. The number of hydrogen-bond acceptors (Lipinski definition) is 10. The van der Waals surface area contributed by atoms with Gasteiger partial charge in [0.05, 0.1) is 28.2 Å². The molecular formula is C21H20N6O2S4-2. The predicted octanol–water partition coefficient (Wildman–Crippen LogP) is 4.50. The molecule has 172 valence electrons. The molecule has 4 rings (SSSR count). The number of thiazole rings is 2. The Bertz CT molecular complexity index is 1200. The van der Waals surface area contributed by atoms with E-state index in [0.717, 1.165) is 11.4 Å². The summed E-state index contributed by atoms with van der Waals surface area (Å²) in [4.78, 5) is 28.4. The van der Waals surface area contributed by atoms with E-state index in [0.29, 0.717) is 41.8 Å². The molecule has 0 atom stereocenters. The smallest absolute Gasteiger partial charge is 0.211 e. The van der Waals surface area contributed by atoms with E-state index in [1.807, 2.05) is 38.5 Å². The van der Waals surface area contributed by atoms with Crippen molar-refractivity contribution in [3.63, 3.8) is 0 Å². The van der Waals surface area contributed by atoms with Crippen LogP contribution in [0.2, 0.25) is 0 Å². The summed E-state index contributed by atoms with van der Waals surface area (Å²) in [5, 5.41) is 29.5. The van der Waals surface area contributed by atoms with Gasteiger partial charge in [-0.2, -0.15) is 9.98 Å². The lowest BCUT2D eigenvalue weighted by Gasteiger charge is -2.19. The number of aromatic nitrogens is 2. The van der Waals surface area contributed by atoms with Crippen LogP contribution in [-0.4, -0.2) is 31.7 Å². The molecule has 0 unspecified atom stereocenters. The molecule has 2 aromatic rings. The van der Waals surface area contributed by atoms with E-state index in [4.69, 9.17) is 0 Å². The maximum atomic E-state index is 11.7. The molecule has 0 spiro atoms. The van der Waals surface area contributed by atoms with Gasteiger partial charge in [-0.1, -0.05) is 13.8 Å². The van der Waals surface area contributed by atoms with Crippen molar-refractivity contribution in [3.8, 4) is 0 Å². The summed E-state index contributed by atoms with van der Waals surface area (Å²) in [7, 11) is 0. The first kappa shape index (κ1) is 23.9. The van der Waals surface area contributed by atoms with E-state index in [9.17, 15) is 10.2 Å². The summed E-state index contributed by atoms with van der Waals surface area (Å²) < 4.78 is 0. The van der Waals surface area contributed by atoms with Gasteiger partial charge in [0.15, 0.2) is 10.3 Å². The number of thioether (sulfide) groups is 2. The van der Waals surface area contributed by atoms with Crippen molar-refractivity contribution in [2.75, 3.05) is 0 Å². The third-order valence-electron chi connectivity index (χ3n) is 4.86. The zero-order valence-electron chi connectivity index (χ0n) is 18.8. The van der Waals surface area contributed by atoms with Crippen LogP contribution in [0.4, 0.5) is 10.3 Å². The lowest BCUT2D eigenvalue weighted by Crippen LogP contribution is -2.19. The Labute approximate surface area is 208 Å². The molecule has 2 aliphatic rings. The fraction of sp³-hybridized carbons (Fsp3) is 0.333. The van der Waals surface area contributed by atoms with Gasteiger partial charge in [-0.05, 0) is 51.2 Å². The largest absolute Gasteiger partial charge is 0.875 e. The predicted molar refractivity (Wildman–Crippen MR) is 137 cm³/mol. The third-order valence-corrected chi connectivity index (χ3v) is 8.63. The molecule has 0 radical (unpaired) electrons. The minimum Gasteiger partial charge on any atom is -0.875 e. The van der Waals surface area contributed by atoms with Gasteiger partial charge in [0.2, 0.25) is 10.3 Å². The highest BCUT2D eigenvalue weighted by atomic mass is 32.2. The second-order valence-electron chi connectivity index (χ2n) is 7.81. The monoisotopic (exact) mass is 516 g/mol. The van der Waals surface area contributed by atoms with Crippen molar-refractivity contribution in [3.05, 3.63) is 43.5 Å². The lowest BCUT2D eigenvalue weighted by atomic mass is 9.87. The van der Waals surface area contributed by atoms with Crippen LogP contribution in [0, 0.1) is 0 Å². The Hall–Kier alpha value is -2.28. The fourth-order valence-corrected chi connectivity index (χ4v) is 6.51. The summed E-state index contributed by atoms with van der Waals surface area (Å²) in [6.45, 7) is 10.8. The van der Waals surface area contributed by atoms with E-state index < -0.39 is 5.41 Å². The zero-order chi connectivity index (χ0) is 23.9. The molecule has 0 aliphatic carbocycles. The highest BCUT2D eigenvalue weighted by Gasteiger charge is 2.29. The van der Waals surface area contributed by atoms with Crippen molar-refractivity contribution in [2.24, 2.45) is 20.0 Å². The van der Waals surface area contributed by atoms with Crippen LogP contribution < -0.4 is 10.2 Å². The van der Waals surface area contributed by atoms with Crippen LogP contribution in [0.25, 0.3) is 0 Å². The Balaban J connectivity index is 1.54. The average Bonchev–Trinajstić information content (AvgIpc) is 3.50. The van der Waals surface area contributed by atoms with Gasteiger partial charge >= 0.3 is 0 Å². The van der Waals surface area contributed by atoms with Crippen LogP contribution in [-0.2, 0) is 5.41 Å². The fourth-order valence-electron chi connectivity index (χ4n) is 3.01. The molecule has 0 saturated heterocycles. The van der Waals surface area contributed by atoms with Gasteiger partial charge in [0.1, 0.15) is 0 Å². The molecule has 0 aromatic carbocycles. The Morgan fingerprint density at radius 3 is 1.52 bits per heavy atom. The number of allylic oxidation sites excluding steroid dienone is 4. The molecule has 8 nitrogen and oxygen atoms in total. The topological polar surface area (TPSA) is 121 Å². The molecule has 12 heteroatoms. The number of rotatable bonds is 4. The number of amidine groups is 2. The van der Waals surface area contributed by atoms with Gasteiger partial charge in [-0.3, -0.25) is 0 Å². The molecule has 0 amide bonds. The first-order chi connectivity index (χ1) is 15.5. The molecule has 2 aromatic heterocycles. The normalized spacial score (nSPS) is 22.2. The van der Waals surface area contributed by atoms with Crippen LogP contribution in [0.15, 0.2) is 52.1 Å². The highest BCUT2D eigenvalue weighted by molar-refractivity contribution is 8.18. The van der Waals surface area contributed by atoms with Crippen molar-refractivity contribution in [1.82, 2.24) is 9.97 Å². The van der Waals surface area contributed by atoms with Crippen LogP contribution in [0.5, 0.6) is 0 Å². The van der Waals surface area contributed by atoms with Crippen molar-refractivity contribution >= 4 is 78.2 Å². The first-order valence-electron chi connectivity index (χ1n) is 9.87. The summed E-state index contributed by atoms with van der Waals surface area (Å²) in [6.07, 6.45) is 0. The standard InChI is InChI=1S/C21H22N6O2S4/c1-9-15(11(3)28)32-19(22-9)26-17-24-13(7-30-17)21(5,6)14-8-31-18(25-14)27-20-23-10(2)16(33-20)12(4)29/h7-8,28-29H,1-6H3/p-2/b15-11-,16-12-,26-19+,27-20+. The Morgan fingerprint density at radius 2 is 1.18 bits per heavy atom. The minimum absolute atomic E-state index is 0.0115. The van der Waals surface area contributed by atoms with Gasteiger partial charge in [-0.25, -0.2) is 20.0 Å². The molecule has 0 N–H and O–H groups in total. The summed E-state index contributed by atoms with van der Waals surface area (Å²) in [6, 6.07) is 0. The second-order valence-corrected chi connectivity index (χ2v) is 11.4. The molecule has 33 heavy (non-hydrogen) atoms. The van der Waals surface area contributed by atoms with Crippen LogP contribution >= 0.6 is 46.2 Å². The molecule has 0 fully saturated rings. The summed E-state index contributed by atoms with van der Waals surface area (Å²) in [5.41, 5.74) is 2.60. The van der Waals surface area contributed by atoms with Gasteiger partial charge in [-0.15, -0.1) is 34.2 Å². The molecule has 2 aliphatic heterocycles. The molecular weight excluding hydrogens is 497 g/mol. The average molecular weight is 517 g/mol. The SMILES string of the molecule is CC1=NC(=N\c2nc(C(C)(C)c3csc(/N=C4N=C(C)/C(=C(\C)[O-])S\4)n3)cs2)/S/C1=C(/C)[O-]. The number of aliphatic imine (C=N–C) groups is 4. The molecule has 4 heterocycles. The second kappa shape index (κ2) is 9.16. The first-order valence-corrected chi connectivity index (χ1v) is 13.3. The van der Waals surface area contributed by atoms with Crippen LogP contribution in [0.3, 0.4) is 0 Å². The molecule has 0 bridgehead atoms. The van der Waals surface area contributed by atoms with E-state index in [1.54, 1.807) is 0 Å². The highest BCUT2D eigenvalue weighted by Crippen LogP contribution is 2.38. The van der Waals surface area contributed by atoms with Crippen molar-refractivity contribution < 1.29 is 10.2 Å². The number of hydrogen-bond donors (Lipinski definition) is 0. The van der Waals surface area contributed by atoms with E-state index in [1.165, 1.54) is 60.0 Å². The summed E-state index contributed by atoms with van der Waals surface area (Å²) >= 11 is 5.39. The molecule has 0 saturated carbocycles. The van der Waals surface area contributed by atoms with E-state index in [2.05, 4.69) is 29.9 Å². The van der Waals surface area contributed by atoms with Crippen LogP contribution in [0.1, 0.15) is 52.9 Å². The van der Waals surface area contributed by atoms with Gasteiger partial charge < -0.3 is 10.2 Å². The Kier molecular flexibility index (Phi) is 6.63. The third kappa shape index (κ3) is 4.98. The maximum Gasteiger partial charge on any atom is 0.211 e. The van der Waals surface area contributed by atoms with Crippen molar-refractivity contribution in [1.29, 1.82) is 0 Å². The lowest BCUT2D eigenvalue weighted by molar-refractivity contribution is -0.302. The van der Waals surface area contributed by atoms with E-state index in [-0.39, 0.29) is 11.5 Å². The van der Waals surface area contributed by atoms with Crippen molar-refractivity contribution in [2.45, 2.75) is 47.0 Å². The minimum atomic E-state index is -0.457. The van der Waals surface area contributed by atoms with E-state index >= 15 is 0 Å². The zero-order valence-corrected chi connectivity index (χ0v) is 22.1. The maximum absolute atomic E-state index is 11.7. The van der Waals surface area contributed by atoms with Gasteiger partial charge in [0.25, 0.3) is 0 Å².